The van der Waals surface area contributed by atoms with Crippen molar-refractivity contribution in [1.29, 1.82) is 5.26 Å². The van der Waals surface area contributed by atoms with Crippen LogP contribution in [0.5, 0.6) is 0 Å². The molecule has 26 heavy (non-hydrogen) atoms. The largest absolute Gasteiger partial charge is 0.360 e. The lowest BCUT2D eigenvalue weighted by Gasteiger charge is -2.26. The summed E-state index contributed by atoms with van der Waals surface area (Å²) in [5.41, 5.74) is 2.61. The number of carbonyl (C=O) groups is 1. The third kappa shape index (κ3) is 2.67. The Morgan fingerprint density at radius 2 is 1.85 bits per heavy atom. The Hall–Kier alpha value is -3.36. The van der Waals surface area contributed by atoms with Gasteiger partial charge in [-0.3, -0.25) is 9.69 Å². The Labute approximate surface area is 155 Å². The van der Waals surface area contributed by atoms with E-state index >= 15 is 0 Å². The van der Waals surface area contributed by atoms with Gasteiger partial charge in [0.15, 0.2) is 0 Å². The molecule has 4 rings (SSSR count). The summed E-state index contributed by atoms with van der Waals surface area (Å²) in [4.78, 5) is 18.9. The molecule has 0 aliphatic carbocycles. The Bertz CT molecular complexity index is 1030. The highest BCUT2D eigenvalue weighted by molar-refractivity contribution is 6.30. The van der Waals surface area contributed by atoms with Crippen molar-refractivity contribution in [2.75, 3.05) is 10.2 Å². The maximum Gasteiger partial charge on any atom is 0.261 e. The summed E-state index contributed by atoms with van der Waals surface area (Å²) < 4.78 is 0. The number of rotatable bonds is 3. The van der Waals surface area contributed by atoms with Gasteiger partial charge in [0, 0.05) is 17.3 Å². The number of halogens is 1. The fourth-order valence-electron chi connectivity index (χ4n) is 3.06. The van der Waals surface area contributed by atoms with Crippen LogP contribution in [-0.2, 0) is 0 Å². The third-order valence-corrected chi connectivity index (χ3v) is 4.48. The fraction of sp³-hybridized carbons (Fsp3) is 0.0500. The highest BCUT2D eigenvalue weighted by Crippen LogP contribution is 2.37. The van der Waals surface area contributed by atoms with Crippen molar-refractivity contribution < 1.29 is 4.79 Å². The van der Waals surface area contributed by atoms with Crippen LogP contribution in [0.3, 0.4) is 0 Å². The van der Waals surface area contributed by atoms with E-state index in [1.807, 2.05) is 30.3 Å². The number of hydrogen-bond acceptors (Lipinski definition) is 4. The van der Waals surface area contributed by atoms with Gasteiger partial charge in [0.1, 0.15) is 18.1 Å². The average Bonchev–Trinajstić information content (AvgIpc) is 2.95. The Kier molecular flexibility index (Phi) is 4.04. The topological polar surface area (TPSA) is 69.0 Å². The van der Waals surface area contributed by atoms with E-state index in [0.717, 1.165) is 5.56 Å². The predicted molar refractivity (Wildman–Crippen MR) is 100 cm³/mol. The van der Waals surface area contributed by atoms with Crippen LogP contribution in [0, 0.1) is 11.3 Å². The molecule has 1 aliphatic rings. The SMILES string of the molecule is N#Cc1ccccc1N[C@H]1c2ccccc2C(=O)N1c1ccc(Cl)cn1. The van der Waals surface area contributed by atoms with Crippen LogP contribution >= 0.6 is 11.6 Å². The van der Waals surface area contributed by atoms with Gasteiger partial charge in [-0.2, -0.15) is 5.26 Å². The number of nitriles is 1. The van der Waals surface area contributed by atoms with Crippen molar-refractivity contribution >= 4 is 29.0 Å². The molecule has 0 spiro atoms. The number of amides is 1. The van der Waals surface area contributed by atoms with Gasteiger partial charge < -0.3 is 5.32 Å². The Balaban J connectivity index is 1.81. The molecule has 0 unspecified atom stereocenters. The zero-order chi connectivity index (χ0) is 18.1. The highest BCUT2D eigenvalue weighted by Gasteiger charge is 2.38. The van der Waals surface area contributed by atoms with Gasteiger partial charge in [-0.05, 0) is 30.3 Å². The van der Waals surface area contributed by atoms with Crippen LogP contribution in [0.1, 0.15) is 27.7 Å². The first kappa shape index (κ1) is 16.1. The van der Waals surface area contributed by atoms with Crippen LogP contribution < -0.4 is 10.2 Å². The zero-order valence-corrected chi connectivity index (χ0v) is 14.3. The van der Waals surface area contributed by atoms with Crippen LogP contribution in [0.25, 0.3) is 0 Å². The number of nitrogens with zero attached hydrogens (tertiary/aromatic N) is 3. The second kappa shape index (κ2) is 6.51. The summed E-state index contributed by atoms with van der Waals surface area (Å²) in [6.45, 7) is 0. The van der Waals surface area contributed by atoms with Crippen LogP contribution in [0.4, 0.5) is 11.5 Å². The van der Waals surface area contributed by atoms with E-state index in [9.17, 15) is 10.1 Å². The first-order valence-electron chi connectivity index (χ1n) is 7.99. The van der Waals surface area contributed by atoms with E-state index in [4.69, 9.17) is 11.6 Å². The highest BCUT2D eigenvalue weighted by atomic mass is 35.5. The molecule has 0 saturated heterocycles. The molecule has 0 radical (unpaired) electrons. The average molecular weight is 361 g/mol. The molecule has 126 valence electrons. The first-order chi connectivity index (χ1) is 12.7. The van der Waals surface area contributed by atoms with Crippen molar-refractivity contribution in [3.63, 3.8) is 0 Å². The summed E-state index contributed by atoms with van der Waals surface area (Å²) in [6.07, 6.45) is 1.04. The van der Waals surface area contributed by atoms with E-state index in [1.54, 1.807) is 35.2 Å². The number of carbonyl (C=O) groups excluding carboxylic acids is 1. The molecule has 5 nitrogen and oxygen atoms in total. The van der Waals surface area contributed by atoms with Gasteiger partial charge in [-0.15, -0.1) is 0 Å². The van der Waals surface area contributed by atoms with Crippen molar-refractivity contribution in [3.05, 3.63) is 88.6 Å². The first-order valence-corrected chi connectivity index (χ1v) is 8.36. The summed E-state index contributed by atoms with van der Waals surface area (Å²) >= 11 is 5.93. The summed E-state index contributed by atoms with van der Waals surface area (Å²) in [7, 11) is 0. The lowest BCUT2D eigenvalue weighted by Crippen LogP contribution is -2.33. The molecule has 1 N–H and O–H groups in total. The normalized spacial score (nSPS) is 15.5. The maximum absolute atomic E-state index is 13.0. The standard InChI is InChI=1S/C20H13ClN4O/c21-14-9-10-18(23-12-14)25-19(15-6-2-3-7-16(15)20(25)26)24-17-8-4-1-5-13(17)11-22/h1-10,12,19,24H/t19-/m1/s1. The molecule has 1 amide bonds. The molecule has 0 fully saturated rings. The number of nitrogens with one attached hydrogen (secondary N) is 1. The van der Waals surface area contributed by atoms with E-state index < -0.39 is 6.17 Å². The van der Waals surface area contributed by atoms with Gasteiger partial charge >= 0.3 is 0 Å². The lowest BCUT2D eigenvalue weighted by molar-refractivity contribution is 0.0992. The third-order valence-electron chi connectivity index (χ3n) is 4.26. The molecule has 2 aromatic carbocycles. The second-order valence-electron chi connectivity index (χ2n) is 5.80. The molecule has 6 heteroatoms. The molecule has 3 aromatic rings. The van der Waals surface area contributed by atoms with E-state index in [-0.39, 0.29) is 5.91 Å². The van der Waals surface area contributed by atoms with Crippen LogP contribution in [-0.4, -0.2) is 10.9 Å². The van der Waals surface area contributed by atoms with Gasteiger partial charge in [-0.25, -0.2) is 4.98 Å². The van der Waals surface area contributed by atoms with E-state index in [0.29, 0.717) is 27.7 Å². The van der Waals surface area contributed by atoms with Crippen molar-refractivity contribution in [1.82, 2.24) is 4.98 Å². The van der Waals surface area contributed by atoms with Gasteiger partial charge in [0.05, 0.1) is 16.3 Å². The van der Waals surface area contributed by atoms with Gasteiger partial charge in [0.2, 0.25) is 0 Å². The molecule has 1 aliphatic heterocycles. The van der Waals surface area contributed by atoms with E-state index in [2.05, 4.69) is 16.4 Å². The Morgan fingerprint density at radius 3 is 2.62 bits per heavy atom. The monoisotopic (exact) mass is 360 g/mol. The molecule has 1 atom stereocenters. The van der Waals surface area contributed by atoms with Crippen LogP contribution in [0.2, 0.25) is 5.02 Å². The van der Waals surface area contributed by atoms with Crippen molar-refractivity contribution in [2.24, 2.45) is 0 Å². The summed E-state index contributed by atoms with van der Waals surface area (Å²) in [6, 6.07) is 20.2. The molecule has 0 saturated carbocycles. The fourth-order valence-corrected chi connectivity index (χ4v) is 3.17. The summed E-state index contributed by atoms with van der Waals surface area (Å²) in [5.74, 6) is 0.338. The van der Waals surface area contributed by atoms with Gasteiger partial charge in [-0.1, -0.05) is 41.9 Å². The van der Waals surface area contributed by atoms with Crippen molar-refractivity contribution in [3.8, 4) is 6.07 Å². The number of aromatic nitrogens is 1. The van der Waals surface area contributed by atoms with Crippen molar-refractivity contribution in [2.45, 2.75) is 6.17 Å². The lowest BCUT2D eigenvalue weighted by atomic mass is 10.1. The number of anilines is 2. The predicted octanol–water partition coefficient (Wildman–Crippen LogP) is 4.38. The second-order valence-corrected chi connectivity index (χ2v) is 6.24. The Morgan fingerprint density at radius 1 is 1.08 bits per heavy atom. The minimum absolute atomic E-state index is 0.151. The molecular formula is C20H13ClN4O. The number of para-hydroxylation sites is 1. The minimum Gasteiger partial charge on any atom is -0.360 e. The van der Waals surface area contributed by atoms with E-state index in [1.165, 1.54) is 6.20 Å². The minimum atomic E-state index is -0.470. The zero-order valence-electron chi connectivity index (χ0n) is 13.6. The number of fused-ring (bicyclic) bond motifs is 1. The number of benzene rings is 2. The number of pyridine rings is 1. The molecule has 1 aromatic heterocycles. The quantitative estimate of drug-likeness (QED) is 0.752. The maximum atomic E-state index is 13.0. The smallest absolute Gasteiger partial charge is 0.261 e. The van der Waals surface area contributed by atoms with Gasteiger partial charge in [0.25, 0.3) is 5.91 Å². The molecule has 0 bridgehead atoms. The number of hydrogen-bond donors (Lipinski definition) is 1. The molecular weight excluding hydrogens is 348 g/mol. The summed E-state index contributed by atoms with van der Waals surface area (Å²) in [5, 5.41) is 13.2. The molecule has 2 heterocycles. The van der Waals surface area contributed by atoms with Crippen LogP contribution in [0.15, 0.2) is 66.9 Å².